The van der Waals surface area contributed by atoms with Gasteiger partial charge in [-0.05, 0) is 30.3 Å². The van der Waals surface area contributed by atoms with Gasteiger partial charge in [-0.2, -0.15) is 10.5 Å². The number of carbonyl (C=O) groups excluding carboxylic acids is 2. The fraction of sp³-hybridized carbons (Fsp3) is 0.111. The standard InChI is InChI=1S/C18H13N3O3/c19-9-10-21(16-7-2-1-3-8-16)17(22)13-24-18(23)15-6-4-5-14(11-15)12-20/h1-8,11H,10,13H2. The van der Waals surface area contributed by atoms with Gasteiger partial charge in [-0.3, -0.25) is 9.69 Å². The molecule has 0 aliphatic carbocycles. The van der Waals surface area contributed by atoms with Gasteiger partial charge in [0.25, 0.3) is 5.91 Å². The zero-order valence-corrected chi connectivity index (χ0v) is 12.7. The summed E-state index contributed by atoms with van der Waals surface area (Å²) in [5.41, 5.74) is 1.06. The molecule has 0 N–H and O–H groups in total. The van der Waals surface area contributed by atoms with E-state index in [0.29, 0.717) is 11.3 Å². The summed E-state index contributed by atoms with van der Waals surface area (Å²) in [5, 5.41) is 17.7. The summed E-state index contributed by atoms with van der Waals surface area (Å²) < 4.78 is 4.99. The average Bonchev–Trinajstić information content (AvgIpc) is 2.64. The van der Waals surface area contributed by atoms with E-state index < -0.39 is 18.5 Å². The monoisotopic (exact) mass is 319 g/mol. The van der Waals surface area contributed by atoms with E-state index in [1.807, 2.05) is 12.1 Å². The third-order valence-corrected chi connectivity index (χ3v) is 3.15. The number of amides is 1. The quantitative estimate of drug-likeness (QED) is 0.622. The molecule has 0 radical (unpaired) electrons. The Morgan fingerprint density at radius 3 is 2.46 bits per heavy atom. The molecule has 0 fully saturated rings. The number of hydrogen-bond acceptors (Lipinski definition) is 5. The van der Waals surface area contributed by atoms with Gasteiger partial charge in [0.05, 0.1) is 23.3 Å². The summed E-state index contributed by atoms with van der Waals surface area (Å²) in [7, 11) is 0. The number of ether oxygens (including phenoxy) is 1. The normalized spacial score (nSPS) is 9.42. The molecule has 0 bridgehead atoms. The minimum absolute atomic E-state index is 0.148. The molecule has 0 heterocycles. The third-order valence-electron chi connectivity index (χ3n) is 3.15. The van der Waals surface area contributed by atoms with E-state index in [4.69, 9.17) is 15.3 Å². The molecule has 118 valence electrons. The Hall–Kier alpha value is -3.64. The summed E-state index contributed by atoms with van der Waals surface area (Å²) in [4.78, 5) is 25.4. The van der Waals surface area contributed by atoms with Gasteiger partial charge in [0.2, 0.25) is 0 Å². The molecule has 0 aliphatic rings. The first-order valence-corrected chi connectivity index (χ1v) is 7.05. The number of benzene rings is 2. The Morgan fingerprint density at radius 1 is 1.04 bits per heavy atom. The maximum Gasteiger partial charge on any atom is 0.338 e. The third kappa shape index (κ3) is 4.19. The minimum Gasteiger partial charge on any atom is -0.452 e. The first-order chi connectivity index (χ1) is 11.7. The number of nitriles is 2. The van der Waals surface area contributed by atoms with Gasteiger partial charge >= 0.3 is 5.97 Å². The Morgan fingerprint density at radius 2 is 1.79 bits per heavy atom. The van der Waals surface area contributed by atoms with Crippen LogP contribution in [0.4, 0.5) is 5.69 Å². The highest BCUT2D eigenvalue weighted by atomic mass is 16.5. The number of para-hydroxylation sites is 1. The van der Waals surface area contributed by atoms with Crippen molar-refractivity contribution < 1.29 is 14.3 Å². The maximum absolute atomic E-state index is 12.2. The molecule has 0 spiro atoms. The van der Waals surface area contributed by atoms with Crippen molar-refractivity contribution in [3.05, 3.63) is 65.7 Å². The van der Waals surface area contributed by atoms with Crippen LogP contribution in [0.25, 0.3) is 0 Å². The predicted molar refractivity (Wildman–Crippen MR) is 85.8 cm³/mol. The van der Waals surface area contributed by atoms with Crippen LogP contribution in [0.1, 0.15) is 15.9 Å². The lowest BCUT2D eigenvalue weighted by Gasteiger charge is -2.19. The molecule has 0 aliphatic heterocycles. The highest BCUT2D eigenvalue weighted by molar-refractivity contribution is 5.97. The number of rotatable bonds is 5. The molecule has 0 atom stereocenters. The van der Waals surface area contributed by atoms with E-state index in [1.54, 1.807) is 42.5 Å². The van der Waals surface area contributed by atoms with E-state index >= 15 is 0 Å². The van der Waals surface area contributed by atoms with Crippen LogP contribution in [-0.4, -0.2) is 25.0 Å². The van der Waals surface area contributed by atoms with Crippen molar-refractivity contribution in [2.75, 3.05) is 18.1 Å². The van der Waals surface area contributed by atoms with Crippen LogP contribution in [0.5, 0.6) is 0 Å². The largest absolute Gasteiger partial charge is 0.452 e. The second-order valence-electron chi connectivity index (χ2n) is 4.74. The van der Waals surface area contributed by atoms with Crippen molar-refractivity contribution in [1.29, 1.82) is 10.5 Å². The fourth-order valence-electron chi connectivity index (χ4n) is 2.01. The summed E-state index contributed by atoms with van der Waals surface area (Å²) in [6.45, 7) is -0.642. The fourth-order valence-corrected chi connectivity index (χ4v) is 2.01. The molecular formula is C18H13N3O3. The molecule has 6 heteroatoms. The Balaban J connectivity index is 2.04. The zero-order valence-electron chi connectivity index (χ0n) is 12.7. The lowest BCUT2D eigenvalue weighted by Crippen LogP contribution is -2.35. The highest BCUT2D eigenvalue weighted by Crippen LogP contribution is 2.13. The molecule has 6 nitrogen and oxygen atoms in total. The number of nitrogens with zero attached hydrogens (tertiary/aromatic N) is 3. The molecular weight excluding hydrogens is 306 g/mol. The second-order valence-corrected chi connectivity index (χ2v) is 4.74. The summed E-state index contributed by atoms with van der Waals surface area (Å²) in [5.74, 6) is -1.21. The van der Waals surface area contributed by atoms with Crippen LogP contribution in [0.3, 0.4) is 0 Å². The average molecular weight is 319 g/mol. The molecule has 0 aromatic heterocycles. The minimum atomic E-state index is -0.703. The number of esters is 1. The number of carbonyl (C=O) groups is 2. The van der Waals surface area contributed by atoms with E-state index in [-0.39, 0.29) is 12.1 Å². The van der Waals surface area contributed by atoms with Gasteiger partial charge in [-0.15, -0.1) is 0 Å². The molecule has 0 saturated heterocycles. The van der Waals surface area contributed by atoms with Crippen LogP contribution < -0.4 is 4.90 Å². The zero-order chi connectivity index (χ0) is 17.4. The number of hydrogen-bond donors (Lipinski definition) is 0. The number of anilines is 1. The Kier molecular flexibility index (Phi) is 5.65. The van der Waals surface area contributed by atoms with Gasteiger partial charge in [0.1, 0.15) is 6.54 Å². The summed E-state index contributed by atoms with van der Waals surface area (Å²) in [6.07, 6.45) is 0. The Labute approximate surface area is 139 Å². The van der Waals surface area contributed by atoms with Crippen molar-refractivity contribution in [1.82, 2.24) is 0 Å². The van der Waals surface area contributed by atoms with Gasteiger partial charge in [-0.1, -0.05) is 24.3 Å². The topological polar surface area (TPSA) is 94.2 Å². The van der Waals surface area contributed by atoms with Crippen LogP contribution in [0.2, 0.25) is 0 Å². The van der Waals surface area contributed by atoms with Crippen LogP contribution >= 0.6 is 0 Å². The molecule has 0 saturated carbocycles. The van der Waals surface area contributed by atoms with Crippen molar-refractivity contribution in [2.24, 2.45) is 0 Å². The second kappa shape index (κ2) is 8.11. The van der Waals surface area contributed by atoms with E-state index in [0.717, 1.165) is 0 Å². The molecule has 1 amide bonds. The lowest BCUT2D eigenvalue weighted by molar-refractivity contribution is -0.121. The molecule has 2 aromatic carbocycles. The molecule has 24 heavy (non-hydrogen) atoms. The van der Waals surface area contributed by atoms with Gasteiger partial charge < -0.3 is 4.74 Å². The first-order valence-electron chi connectivity index (χ1n) is 7.05. The van der Waals surface area contributed by atoms with E-state index in [9.17, 15) is 9.59 Å². The van der Waals surface area contributed by atoms with E-state index in [2.05, 4.69) is 0 Å². The van der Waals surface area contributed by atoms with Crippen molar-refractivity contribution in [3.63, 3.8) is 0 Å². The first kappa shape index (κ1) is 16.7. The van der Waals surface area contributed by atoms with Gasteiger partial charge in [0.15, 0.2) is 6.61 Å². The Bertz CT molecular complexity index is 819. The molecule has 2 rings (SSSR count). The van der Waals surface area contributed by atoms with Crippen LogP contribution in [0.15, 0.2) is 54.6 Å². The van der Waals surface area contributed by atoms with Crippen LogP contribution in [0, 0.1) is 22.7 Å². The summed E-state index contributed by atoms with van der Waals surface area (Å²) in [6, 6.07) is 18.5. The maximum atomic E-state index is 12.2. The smallest absolute Gasteiger partial charge is 0.338 e. The van der Waals surface area contributed by atoms with Gasteiger partial charge in [-0.25, -0.2) is 4.79 Å². The molecule has 0 unspecified atom stereocenters. The van der Waals surface area contributed by atoms with Crippen molar-refractivity contribution >= 4 is 17.6 Å². The van der Waals surface area contributed by atoms with Crippen molar-refractivity contribution in [3.8, 4) is 12.1 Å². The SMILES string of the molecule is N#CCN(C(=O)COC(=O)c1cccc(C#N)c1)c1ccccc1. The predicted octanol–water partition coefficient (Wildman–Crippen LogP) is 2.27. The van der Waals surface area contributed by atoms with Gasteiger partial charge in [0, 0.05) is 5.69 Å². The van der Waals surface area contributed by atoms with Crippen molar-refractivity contribution in [2.45, 2.75) is 0 Å². The van der Waals surface area contributed by atoms with Crippen LogP contribution in [-0.2, 0) is 9.53 Å². The molecule has 2 aromatic rings. The highest BCUT2D eigenvalue weighted by Gasteiger charge is 2.18. The van der Waals surface area contributed by atoms with E-state index in [1.165, 1.54) is 17.0 Å². The summed E-state index contributed by atoms with van der Waals surface area (Å²) >= 11 is 0. The lowest BCUT2D eigenvalue weighted by atomic mass is 10.1.